The van der Waals surface area contributed by atoms with Crippen LogP contribution in [-0.2, 0) is 17.7 Å². The van der Waals surface area contributed by atoms with E-state index >= 15 is 0 Å². The van der Waals surface area contributed by atoms with Crippen LogP contribution in [0.4, 0.5) is 4.39 Å². The topological polar surface area (TPSA) is 44.1 Å². The molecule has 4 nitrogen and oxygen atoms in total. The van der Waals surface area contributed by atoms with E-state index in [0.29, 0.717) is 24.2 Å². The molecule has 0 aliphatic carbocycles. The number of fused-ring (bicyclic) bond motifs is 1. The highest BCUT2D eigenvalue weighted by atomic mass is 79.9. The summed E-state index contributed by atoms with van der Waals surface area (Å²) in [5.74, 6) is -0.638. The fourth-order valence-corrected chi connectivity index (χ4v) is 3.75. The Morgan fingerprint density at radius 3 is 2.79 bits per heavy atom. The van der Waals surface area contributed by atoms with Gasteiger partial charge in [-0.25, -0.2) is 9.18 Å². The number of nitrogens with zero attached hydrogens (tertiary/aromatic N) is 2. The fourth-order valence-electron chi connectivity index (χ4n) is 3.42. The molecule has 0 aliphatic heterocycles. The highest BCUT2D eigenvalue weighted by Gasteiger charge is 2.15. The summed E-state index contributed by atoms with van der Waals surface area (Å²) in [4.78, 5) is 16.5. The van der Waals surface area contributed by atoms with Crippen LogP contribution in [-0.4, -0.2) is 22.6 Å². The van der Waals surface area contributed by atoms with Gasteiger partial charge in [-0.1, -0.05) is 18.2 Å². The fraction of sp³-hybridized carbons (Fsp3) is 0.130. The van der Waals surface area contributed by atoms with Crippen LogP contribution >= 0.6 is 15.9 Å². The van der Waals surface area contributed by atoms with Crippen molar-refractivity contribution in [3.63, 3.8) is 0 Å². The molecule has 0 spiro atoms. The Morgan fingerprint density at radius 2 is 2.00 bits per heavy atom. The van der Waals surface area contributed by atoms with Crippen molar-refractivity contribution in [1.82, 2.24) is 9.55 Å². The van der Waals surface area contributed by atoms with Gasteiger partial charge in [0.15, 0.2) is 0 Å². The summed E-state index contributed by atoms with van der Waals surface area (Å²) in [6.07, 6.45) is 4.19. The van der Waals surface area contributed by atoms with E-state index in [-0.39, 0.29) is 5.82 Å². The van der Waals surface area contributed by atoms with Gasteiger partial charge in [0.25, 0.3) is 0 Å². The predicted molar refractivity (Wildman–Crippen MR) is 114 cm³/mol. The summed E-state index contributed by atoms with van der Waals surface area (Å²) in [6, 6.07) is 16.5. The standard InChI is InChI=1S/C23H18BrFN2O2/c1-29-23(28)20-12-18(24)13-26-21(20)11-15-5-6-22-17(9-15)7-8-27(22)14-16-3-2-4-19(25)10-16/h2-10,12-13H,11,14H2,1H3. The lowest BCUT2D eigenvalue weighted by molar-refractivity contribution is 0.0599. The number of pyridine rings is 1. The second-order valence-corrected chi connectivity index (χ2v) is 7.70. The molecule has 0 bridgehead atoms. The Kier molecular flexibility index (Phi) is 5.45. The number of carbonyl (C=O) groups excluding carboxylic acids is 1. The van der Waals surface area contributed by atoms with Gasteiger partial charge < -0.3 is 9.30 Å². The van der Waals surface area contributed by atoms with Crippen LogP contribution in [0.25, 0.3) is 10.9 Å². The smallest absolute Gasteiger partial charge is 0.339 e. The first-order valence-corrected chi connectivity index (χ1v) is 9.88. The van der Waals surface area contributed by atoms with Crippen molar-refractivity contribution in [2.45, 2.75) is 13.0 Å². The van der Waals surface area contributed by atoms with Crippen LogP contribution in [0.5, 0.6) is 0 Å². The van der Waals surface area contributed by atoms with E-state index in [2.05, 4.69) is 31.5 Å². The highest BCUT2D eigenvalue weighted by Crippen LogP contribution is 2.23. The summed E-state index contributed by atoms with van der Waals surface area (Å²) in [5, 5.41) is 1.08. The van der Waals surface area contributed by atoms with Gasteiger partial charge in [-0.2, -0.15) is 0 Å². The summed E-state index contributed by atoms with van der Waals surface area (Å²) >= 11 is 3.35. The van der Waals surface area contributed by atoms with Gasteiger partial charge in [0.05, 0.1) is 18.4 Å². The molecule has 29 heavy (non-hydrogen) atoms. The van der Waals surface area contributed by atoms with Crippen LogP contribution in [0.15, 0.2) is 71.5 Å². The molecule has 0 fully saturated rings. The maximum Gasteiger partial charge on any atom is 0.339 e. The third-order valence-corrected chi connectivity index (χ3v) is 5.22. The lowest BCUT2D eigenvalue weighted by Gasteiger charge is -2.09. The van der Waals surface area contributed by atoms with Crippen molar-refractivity contribution < 1.29 is 13.9 Å². The van der Waals surface area contributed by atoms with Crippen LogP contribution in [0, 0.1) is 5.82 Å². The van der Waals surface area contributed by atoms with Crippen LogP contribution < -0.4 is 0 Å². The van der Waals surface area contributed by atoms with Crippen molar-refractivity contribution in [2.24, 2.45) is 0 Å². The quantitative estimate of drug-likeness (QED) is 0.382. The minimum atomic E-state index is -0.406. The zero-order valence-corrected chi connectivity index (χ0v) is 17.3. The van der Waals surface area contributed by atoms with E-state index in [1.165, 1.54) is 13.2 Å². The van der Waals surface area contributed by atoms with E-state index in [4.69, 9.17) is 4.74 Å². The molecule has 0 aliphatic rings. The van der Waals surface area contributed by atoms with Crippen molar-refractivity contribution in [2.75, 3.05) is 7.11 Å². The number of benzene rings is 2. The van der Waals surface area contributed by atoms with Gasteiger partial charge >= 0.3 is 5.97 Å². The SMILES string of the molecule is COC(=O)c1cc(Br)cnc1Cc1ccc2c(ccn2Cc2cccc(F)c2)c1. The lowest BCUT2D eigenvalue weighted by Crippen LogP contribution is -2.08. The first-order chi connectivity index (χ1) is 14.0. The maximum absolute atomic E-state index is 13.5. The molecule has 0 amide bonds. The number of ether oxygens (including phenoxy) is 1. The maximum atomic E-state index is 13.5. The Hall–Kier alpha value is -2.99. The minimum absolute atomic E-state index is 0.232. The van der Waals surface area contributed by atoms with Gasteiger partial charge in [0.1, 0.15) is 5.82 Å². The van der Waals surface area contributed by atoms with Gasteiger partial charge in [0, 0.05) is 35.3 Å². The number of aromatic nitrogens is 2. The van der Waals surface area contributed by atoms with Crippen molar-refractivity contribution >= 4 is 32.8 Å². The molecule has 4 rings (SSSR count). The molecular weight excluding hydrogens is 435 g/mol. The molecule has 0 saturated heterocycles. The number of hydrogen-bond donors (Lipinski definition) is 0. The normalized spacial score (nSPS) is 11.0. The summed E-state index contributed by atoms with van der Waals surface area (Å²) in [6.45, 7) is 0.599. The second-order valence-electron chi connectivity index (χ2n) is 6.78. The average molecular weight is 453 g/mol. The largest absolute Gasteiger partial charge is 0.465 e. The zero-order valence-electron chi connectivity index (χ0n) is 15.7. The molecule has 4 aromatic rings. The van der Waals surface area contributed by atoms with Gasteiger partial charge in [-0.15, -0.1) is 0 Å². The first kappa shape index (κ1) is 19.3. The molecule has 0 radical (unpaired) electrons. The van der Waals surface area contributed by atoms with Crippen LogP contribution in [0.3, 0.4) is 0 Å². The summed E-state index contributed by atoms with van der Waals surface area (Å²) < 4.78 is 21.2. The zero-order chi connectivity index (χ0) is 20.4. The van der Waals surface area contributed by atoms with Gasteiger partial charge in [-0.3, -0.25) is 4.98 Å². The number of methoxy groups -OCH3 is 1. The molecule has 2 aromatic heterocycles. The first-order valence-electron chi connectivity index (χ1n) is 9.08. The molecule has 6 heteroatoms. The van der Waals surface area contributed by atoms with Crippen molar-refractivity contribution in [3.8, 4) is 0 Å². The van der Waals surface area contributed by atoms with E-state index in [1.54, 1.807) is 24.4 Å². The molecule has 2 aromatic carbocycles. The Labute approximate surface area is 176 Å². The lowest BCUT2D eigenvalue weighted by atomic mass is 10.0. The molecule has 2 heterocycles. The van der Waals surface area contributed by atoms with Crippen molar-refractivity contribution in [1.29, 1.82) is 0 Å². The van der Waals surface area contributed by atoms with Gasteiger partial charge in [-0.05, 0) is 68.8 Å². The van der Waals surface area contributed by atoms with E-state index < -0.39 is 5.97 Å². The van der Waals surface area contributed by atoms with Gasteiger partial charge in [0.2, 0.25) is 0 Å². The number of carbonyl (C=O) groups is 1. The Morgan fingerprint density at radius 1 is 1.14 bits per heavy atom. The van der Waals surface area contributed by atoms with Crippen LogP contribution in [0.1, 0.15) is 27.2 Å². The van der Waals surface area contributed by atoms with E-state index in [1.807, 2.05) is 30.5 Å². The molecule has 0 N–H and O–H groups in total. The molecular formula is C23H18BrFN2O2. The average Bonchev–Trinajstić information content (AvgIpc) is 3.10. The summed E-state index contributed by atoms with van der Waals surface area (Å²) in [5.41, 5.74) is 4.13. The Balaban J connectivity index is 1.62. The monoisotopic (exact) mass is 452 g/mol. The third kappa shape index (κ3) is 4.22. The molecule has 0 unspecified atom stereocenters. The third-order valence-electron chi connectivity index (χ3n) is 4.79. The molecule has 0 atom stereocenters. The number of rotatable bonds is 5. The number of hydrogen-bond acceptors (Lipinski definition) is 3. The number of halogens is 2. The second kappa shape index (κ2) is 8.17. The van der Waals surface area contributed by atoms with Crippen LogP contribution in [0.2, 0.25) is 0 Å². The molecule has 0 saturated carbocycles. The summed E-state index contributed by atoms with van der Waals surface area (Å²) in [7, 11) is 1.36. The minimum Gasteiger partial charge on any atom is -0.465 e. The highest BCUT2D eigenvalue weighted by molar-refractivity contribution is 9.10. The Bertz CT molecular complexity index is 1200. The van der Waals surface area contributed by atoms with E-state index in [9.17, 15) is 9.18 Å². The van der Waals surface area contributed by atoms with Crippen molar-refractivity contribution in [3.05, 3.63) is 99.7 Å². The number of esters is 1. The van der Waals surface area contributed by atoms with E-state index in [0.717, 1.165) is 26.5 Å². The predicted octanol–water partition coefficient (Wildman–Crippen LogP) is 5.36. The molecule has 146 valence electrons.